The van der Waals surface area contributed by atoms with Crippen molar-refractivity contribution in [3.05, 3.63) is 82.0 Å². The number of fused-ring (bicyclic) bond motifs is 1. The number of thiophene rings is 1. The minimum absolute atomic E-state index is 0.0431. The van der Waals surface area contributed by atoms with E-state index in [0.29, 0.717) is 11.8 Å². The van der Waals surface area contributed by atoms with Gasteiger partial charge in [0, 0.05) is 36.6 Å². The summed E-state index contributed by atoms with van der Waals surface area (Å²) in [5.74, 6) is -0.919. The summed E-state index contributed by atoms with van der Waals surface area (Å²) in [6, 6.07) is 12.2. The molecular weight excluding hydrogens is 528 g/mol. The number of methoxy groups -OCH3 is 1. The second-order valence-electron chi connectivity index (χ2n) is 9.47. The first-order chi connectivity index (χ1) is 18.4. The standard InChI is InChI=1S/C29H28ClF2N3O2S/c1-33-20-4-6-21(7-5-20)35(29(36)28-26(30)25-22(31)8-9-23(32)27(25)38-28)16-19-15-18(3-10-24(19)37-2)17-11-13-34-14-12-17/h3,8-15,20-21,33H,4-7,16H2,1-2H3/t20-,21+. The molecule has 9 heteroatoms. The lowest BCUT2D eigenvalue weighted by Crippen LogP contribution is -2.44. The first-order valence-corrected chi connectivity index (χ1v) is 13.7. The van der Waals surface area contributed by atoms with Gasteiger partial charge in [-0.1, -0.05) is 17.7 Å². The molecule has 1 amide bonds. The van der Waals surface area contributed by atoms with Crippen LogP contribution in [-0.4, -0.2) is 42.0 Å². The Balaban J connectivity index is 1.56. The molecule has 0 aliphatic heterocycles. The maximum absolute atomic E-state index is 14.6. The number of nitrogens with zero attached hydrogens (tertiary/aromatic N) is 2. The number of amides is 1. The number of rotatable bonds is 7. The number of carbonyl (C=O) groups is 1. The summed E-state index contributed by atoms with van der Waals surface area (Å²) in [7, 11) is 3.55. The highest BCUT2D eigenvalue weighted by Crippen LogP contribution is 2.40. The Morgan fingerprint density at radius 3 is 2.45 bits per heavy atom. The lowest BCUT2D eigenvalue weighted by Gasteiger charge is -2.37. The molecule has 0 radical (unpaired) electrons. The van der Waals surface area contributed by atoms with E-state index in [1.54, 1.807) is 24.4 Å². The summed E-state index contributed by atoms with van der Waals surface area (Å²) in [4.78, 5) is 20.1. The smallest absolute Gasteiger partial charge is 0.266 e. The fourth-order valence-electron chi connectivity index (χ4n) is 5.22. The van der Waals surface area contributed by atoms with Gasteiger partial charge in [0.15, 0.2) is 0 Å². The van der Waals surface area contributed by atoms with E-state index >= 15 is 0 Å². The van der Waals surface area contributed by atoms with Crippen molar-refractivity contribution in [2.24, 2.45) is 0 Å². The van der Waals surface area contributed by atoms with Crippen LogP contribution in [-0.2, 0) is 6.54 Å². The minimum atomic E-state index is -0.644. The number of halogens is 3. The monoisotopic (exact) mass is 555 g/mol. The highest BCUT2D eigenvalue weighted by molar-refractivity contribution is 7.21. The van der Waals surface area contributed by atoms with Gasteiger partial charge >= 0.3 is 0 Å². The molecule has 1 fully saturated rings. The quantitative estimate of drug-likeness (QED) is 0.265. The predicted octanol–water partition coefficient (Wildman–Crippen LogP) is 7.08. The number of benzene rings is 2. The third kappa shape index (κ3) is 5.13. The molecule has 4 aromatic rings. The lowest BCUT2D eigenvalue weighted by molar-refractivity contribution is 0.0604. The molecule has 0 spiro atoms. The van der Waals surface area contributed by atoms with Gasteiger partial charge in [-0.25, -0.2) is 8.78 Å². The van der Waals surface area contributed by atoms with Gasteiger partial charge in [0.1, 0.15) is 22.3 Å². The summed E-state index contributed by atoms with van der Waals surface area (Å²) in [6.45, 7) is 0.269. The van der Waals surface area contributed by atoms with Gasteiger partial charge < -0.3 is 15.0 Å². The van der Waals surface area contributed by atoms with E-state index in [2.05, 4.69) is 10.3 Å². The van der Waals surface area contributed by atoms with E-state index in [0.717, 1.165) is 65.8 Å². The van der Waals surface area contributed by atoms with E-state index < -0.39 is 11.6 Å². The van der Waals surface area contributed by atoms with E-state index in [9.17, 15) is 13.6 Å². The van der Waals surface area contributed by atoms with E-state index in [4.69, 9.17) is 16.3 Å². The highest BCUT2D eigenvalue weighted by atomic mass is 35.5. The average molecular weight is 556 g/mol. The van der Waals surface area contributed by atoms with Crippen molar-refractivity contribution in [2.75, 3.05) is 14.2 Å². The van der Waals surface area contributed by atoms with Crippen molar-refractivity contribution in [3.8, 4) is 16.9 Å². The van der Waals surface area contributed by atoms with Gasteiger partial charge in [0.05, 0.1) is 22.2 Å². The Morgan fingerprint density at radius 1 is 1.08 bits per heavy atom. The van der Waals surface area contributed by atoms with Gasteiger partial charge in [0.25, 0.3) is 5.91 Å². The van der Waals surface area contributed by atoms with Gasteiger partial charge in [-0.15, -0.1) is 11.3 Å². The number of hydrogen-bond donors (Lipinski definition) is 1. The topological polar surface area (TPSA) is 54.5 Å². The Labute approximate surface area is 229 Å². The molecule has 1 aliphatic rings. The first-order valence-electron chi connectivity index (χ1n) is 12.5. The zero-order valence-corrected chi connectivity index (χ0v) is 22.7. The summed E-state index contributed by atoms with van der Waals surface area (Å²) in [5, 5.41) is 3.24. The third-order valence-electron chi connectivity index (χ3n) is 7.32. The largest absolute Gasteiger partial charge is 0.496 e. The molecule has 2 aromatic heterocycles. The van der Waals surface area contributed by atoms with Crippen LogP contribution in [0.25, 0.3) is 21.2 Å². The van der Waals surface area contributed by atoms with Gasteiger partial charge in [-0.05, 0) is 80.3 Å². The first kappa shape index (κ1) is 26.5. The number of hydrogen-bond acceptors (Lipinski definition) is 5. The molecule has 0 unspecified atom stereocenters. The van der Waals surface area contributed by atoms with Crippen molar-refractivity contribution in [3.63, 3.8) is 0 Å². The summed E-state index contributed by atoms with van der Waals surface area (Å²) >= 11 is 7.44. The Kier molecular flexibility index (Phi) is 7.93. The molecule has 0 bridgehead atoms. The van der Waals surface area contributed by atoms with Crippen LogP contribution in [0.2, 0.25) is 5.02 Å². The molecule has 5 rings (SSSR count). The summed E-state index contributed by atoms with van der Waals surface area (Å²) in [6.07, 6.45) is 6.91. The molecule has 0 saturated heterocycles. The van der Waals surface area contributed by atoms with Crippen molar-refractivity contribution in [1.29, 1.82) is 0 Å². The minimum Gasteiger partial charge on any atom is -0.496 e. The Bertz CT molecular complexity index is 1460. The molecule has 5 nitrogen and oxygen atoms in total. The average Bonchev–Trinajstić information content (AvgIpc) is 3.32. The molecular formula is C29H28ClF2N3O2S. The predicted molar refractivity (Wildman–Crippen MR) is 148 cm³/mol. The number of carbonyl (C=O) groups excluding carboxylic acids is 1. The Morgan fingerprint density at radius 2 is 1.79 bits per heavy atom. The number of nitrogens with one attached hydrogen (secondary N) is 1. The van der Waals surface area contributed by atoms with Crippen LogP contribution in [0.5, 0.6) is 5.75 Å². The number of ether oxygens (including phenoxy) is 1. The molecule has 1 N–H and O–H groups in total. The maximum atomic E-state index is 14.6. The third-order valence-corrected chi connectivity index (χ3v) is 8.99. The molecule has 198 valence electrons. The number of pyridine rings is 1. The van der Waals surface area contributed by atoms with E-state index in [1.165, 1.54) is 0 Å². The molecule has 1 saturated carbocycles. The fraction of sp³-hybridized carbons (Fsp3) is 0.310. The van der Waals surface area contributed by atoms with Crippen molar-refractivity contribution < 1.29 is 18.3 Å². The molecule has 2 aromatic carbocycles. The van der Waals surface area contributed by atoms with Crippen LogP contribution < -0.4 is 10.1 Å². The van der Waals surface area contributed by atoms with Gasteiger partial charge in [0.2, 0.25) is 0 Å². The van der Waals surface area contributed by atoms with Crippen molar-refractivity contribution in [2.45, 2.75) is 44.3 Å². The van der Waals surface area contributed by atoms with Crippen LogP contribution >= 0.6 is 22.9 Å². The van der Waals surface area contributed by atoms with Crippen LogP contribution in [0.1, 0.15) is 40.9 Å². The van der Waals surface area contributed by atoms with Crippen LogP contribution in [0.15, 0.2) is 54.9 Å². The van der Waals surface area contributed by atoms with E-state index in [-0.39, 0.29) is 38.5 Å². The zero-order valence-electron chi connectivity index (χ0n) is 21.1. The lowest BCUT2D eigenvalue weighted by atomic mass is 9.89. The Hall–Kier alpha value is -3.07. The second-order valence-corrected chi connectivity index (χ2v) is 10.9. The normalized spacial score (nSPS) is 17.5. The van der Waals surface area contributed by atoms with Gasteiger partial charge in [-0.3, -0.25) is 9.78 Å². The van der Waals surface area contributed by atoms with E-state index in [1.807, 2.05) is 37.4 Å². The molecule has 38 heavy (non-hydrogen) atoms. The molecule has 1 aliphatic carbocycles. The summed E-state index contributed by atoms with van der Waals surface area (Å²) in [5.41, 5.74) is 2.80. The SMILES string of the molecule is CN[C@H]1CC[C@@H](N(Cc2cc(-c3ccncc3)ccc2OC)C(=O)c2sc3c(F)ccc(F)c3c2Cl)CC1. The van der Waals surface area contributed by atoms with Crippen LogP contribution in [0.3, 0.4) is 0 Å². The molecule has 0 atom stereocenters. The van der Waals surface area contributed by atoms with Gasteiger partial charge in [-0.2, -0.15) is 0 Å². The zero-order chi connectivity index (χ0) is 26.8. The highest BCUT2D eigenvalue weighted by Gasteiger charge is 2.33. The van der Waals surface area contributed by atoms with Crippen LogP contribution in [0.4, 0.5) is 8.78 Å². The van der Waals surface area contributed by atoms with Crippen molar-refractivity contribution in [1.82, 2.24) is 15.2 Å². The fourth-order valence-corrected chi connectivity index (χ4v) is 6.72. The summed E-state index contributed by atoms with van der Waals surface area (Å²) < 4.78 is 34.9. The van der Waals surface area contributed by atoms with Crippen molar-refractivity contribution >= 4 is 38.9 Å². The maximum Gasteiger partial charge on any atom is 0.266 e. The number of aromatic nitrogens is 1. The second kappa shape index (κ2) is 11.4. The molecule has 2 heterocycles. The van der Waals surface area contributed by atoms with Crippen LogP contribution in [0, 0.1) is 11.6 Å².